The van der Waals surface area contributed by atoms with E-state index in [9.17, 15) is 5.11 Å². The molecular formula is C24H37ClN2O3. The largest absolute Gasteiger partial charge is 0.493 e. The normalized spacial score (nSPS) is 29.5. The van der Waals surface area contributed by atoms with Crippen LogP contribution in [0.4, 0.5) is 0 Å². The topological polar surface area (TPSA) is 45.2 Å². The van der Waals surface area contributed by atoms with Crippen molar-refractivity contribution >= 4 is 11.6 Å². The van der Waals surface area contributed by atoms with Crippen molar-refractivity contribution in [2.75, 3.05) is 40.5 Å². The predicted octanol–water partition coefficient (Wildman–Crippen LogP) is 4.19. The van der Waals surface area contributed by atoms with Crippen LogP contribution in [0, 0.1) is 11.8 Å². The van der Waals surface area contributed by atoms with Crippen molar-refractivity contribution < 1.29 is 14.6 Å². The van der Waals surface area contributed by atoms with E-state index in [-0.39, 0.29) is 6.61 Å². The molecule has 30 heavy (non-hydrogen) atoms. The number of hydrogen-bond donors (Lipinski definition) is 1. The first-order chi connectivity index (χ1) is 14.7. The highest BCUT2D eigenvalue weighted by molar-refractivity contribution is 6.33. The summed E-state index contributed by atoms with van der Waals surface area (Å²) in [5.74, 6) is 2.80. The summed E-state index contributed by atoms with van der Waals surface area (Å²) in [6.07, 6.45) is 8.46. The summed E-state index contributed by atoms with van der Waals surface area (Å²) in [6, 6.07) is 5.37. The van der Waals surface area contributed by atoms with E-state index in [4.69, 9.17) is 21.1 Å². The van der Waals surface area contributed by atoms with Gasteiger partial charge in [0.05, 0.1) is 19.2 Å². The zero-order valence-corrected chi connectivity index (χ0v) is 19.2. The molecule has 0 radical (unpaired) electrons. The quantitative estimate of drug-likeness (QED) is 0.619. The first-order valence-electron chi connectivity index (χ1n) is 11.7. The lowest BCUT2D eigenvalue weighted by Gasteiger charge is -2.57. The number of aliphatic hydroxyl groups is 1. The summed E-state index contributed by atoms with van der Waals surface area (Å²) >= 11 is 6.76. The van der Waals surface area contributed by atoms with Crippen LogP contribution in [0.5, 0.6) is 11.5 Å². The molecular weight excluding hydrogens is 400 g/mol. The maximum absolute atomic E-state index is 9.34. The van der Waals surface area contributed by atoms with E-state index in [0.29, 0.717) is 22.6 Å². The number of benzene rings is 1. The fraction of sp³-hybridized carbons (Fsp3) is 0.750. The summed E-state index contributed by atoms with van der Waals surface area (Å²) in [6.45, 7) is 4.84. The lowest BCUT2D eigenvalue weighted by Crippen LogP contribution is -2.64. The number of unbranched alkanes of at least 4 members (excludes halogenated alkanes) is 1. The number of piperidine rings is 3. The molecule has 0 saturated carbocycles. The SMILES string of the molecule is COc1ccc(CN2C[C@H]3CCCN4CCC[C@@H]([C@H]34)[C@H]2CCCCO)c(Cl)c1OC. The van der Waals surface area contributed by atoms with Gasteiger partial charge in [0.1, 0.15) is 0 Å². The number of nitrogens with zero attached hydrogens (tertiary/aromatic N) is 2. The molecule has 1 N–H and O–H groups in total. The number of methoxy groups -OCH3 is 2. The lowest BCUT2D eigenvalue weighted by molar-refractivity contribution is -0.0812. The third-order valence-corrected chi connectivity index (χ3v) is 8.04. The Balaban J connectivity index is 1.60. The second-order valence-electron chi connectivity index (χ2n) is 9.23. The maximum Gasteiger partial charge on any atom is 0.179 e. The van der Waals surface area contributed by atoms with Crippen LogP contribution in [0.15, 0.2) is 12.1 Å². The molecule has 6 heteroatoms. The third-order valence-electron chi connectivity index (χ3n) is 7.63. The Hall–Kier alpha value is -1.01. The number of halogens is 1. The first kappa shape index (κ1) is 22.2. The van der Waals surface area contributed by atoms with Gasteiger partial charge in [-0.25, -0.2) is 0 Å². The highest BCUT2D eigenvalue weighted by Gasteiger charge is 2.48. The number of ether oxygens (including phenoxy) is 2. The highest BCUT2D eigenvalue weighted by atomic mass is 35.5. The molecule has 0 spiro atoms. The summed E-state index contributed by atoms with van der Waals surface area (Å²) < 4.78 is 11.0. The van der Waals surface area contributed by atoms with Gasteiger partial charge in [0.15, 0.2) is 11.5 Å². The molecule has 1 aromatic rings. The molecule has 1 aromatic carbocycles. The monoisotopic (exact) mass is 436 g/mol. The van der Waals surface area contributed by atoms with Crippen LogP contribution in [0.1, 0.15) is 50.5 Å². The Labute approximate surface area is 186 Å². The molecule has 0 bridgehead atoms. The van der Waals surface area contributed by atoms with Gasteiger partial charge < -0.3 is 14.6 Å². The smallest absolute Gasteiger partial charge is 0.179 e. The molecule has 3 aliphatic rings. The lowest BCUT2D eigenvalue weighted by atomic mass is 9.69. The van der Waals surface area contributed by atoms with Crippen LogP contribution in [0.3, 0.4) is 0 Å². The number of rotatable bonds is 8. The molecule has 5 nitrogen and oxygen atoms in total. The summed E-state index contributed by atoms with van der Waals surface area (Å²) in [5, 5.41) is 10.0. The second-order valence-corrected chi connectivity index (χ2v) is 9.60. The Kier molecular flexibility index (Phi) is 7.45. The van der Waals surface area contributed by atoms with Crippen molar-refractivity contribution in [3.63, 3.8) is 0 Å². The number of hydrogen-bond acceptors (Lipinski definition) is 5. The maximum atomic E-state index is 9.34. The molecule has 0 aromatic heterocycles. The van der Waals surface area contributed by atoms with Gasteiger partial charge in [-0.2, -0.15) is 0 Å². The van der Waals surface area contributed by atoms with Gasteiger partial charge >= 0.3 is 0 Å². The highest BCUT2D eigenvalue weighted by Crippen LogP contribution is 2.45. The van der Waals surface area contributed by atoms with Crippen LogP contribution in [0.25, 0.3) is 0 Å². The molecule has 4 rings (SSSR count). The molecule has 168 valence electrons. The van der Waals surface area contributed by atoms with Crippen molar-refractivity contribution in [1.82, 2.24) is 9.80 Å². The van der Waals surface area contributed by atoms with Crippen molar-refractivity contribution in [1.29, 1.82) is 0 Å². The summed E-state index contributed by atoms with van der Waals surface area (Å²) in [7, 11) is 3.29. The Bertz CT molecular complexity index is 714. The van der Waals surface area contributed by atoms with Crippen molar-refractivity contribution in [2.45, 2.75) is 63.6 Å². The minimum atomic E-state index is 0.289. The van der Waals surface area contributed by atoms with E-state index in [1.54, 1.807) is 14.2 Å². The van der Waals surface area contributed by atoms with Crippen molar-refractivity contribution in [2.24, 2.45) is 11.8 Å². The zero-order chi connectivity index (χ0) is 21.1. The first-order valence-corrected chi connectivity index (χ1v) is 12.0. The van der Waals surface area contributed by atoms with Gasteiger partial charge in [0, 0.05) is 31.8 Å². The van der Waals surface area contributed by atoms with Gasteiger partial charge in [0.2, 0.25) is 0 Å². The summed E-state index contributed by atoms with van der Waals surface area (Å²) in [5.41, 5.74) is 1.11. The fourth-order valence-electron chi connectivity index (χ4n) is 6.40. The standard InChI is InChI=1S/C24H37ClN2O3/c1-29-21-11-10-17(22(25)24(21)30-2)15-27-16-18-7-5-12-26-13-6-8-19(23(18)26)20(27)9-3-4-14-28/h10-11,18-20,23,28H,3-9,12-16H2,1-2H3/t18-,19-,20-,23+/m1/s1. The minimum Gasteiger partial charge on any atom is -0.493 e. The van der Waals surface area contributed by atoms with E-state index in [1.165, 1.54) is 38.8 Å². The van der Waals surface area contributed by atoms with E-state index >= 15 is 0 Å². The average molecular weight is 437 g/mol. The Morgan fingerprint density at radius 3 is 2.63 bits per heavy atom. The van der Waals surface area contributed by atoms with Gasteiger partial charge in [-0.15, -0.1) is 0 Å². The zero-order valence-electron chi connectivity index (χ0n) is 18.5. The minimum absolute atomic E-state index is 0.289. The molecule has 3 heterocycles. The van der Waals surface area contributed by atoms with Crippen LogP contribution < -0.4 is 9.47 Å². The predicted molar refractivity (Wildman–Crippen MR) is 120 cm³/mol. The molecule has 0 aliphatic carbocycles. The summed E-state index contributed by atoms with van der Waals surface area (Å²) in [4.78, 5) is 5.49. The molecule has 0 unspecified atom stereocenters. The van der Waals surface area contributed by atoms with E-state index in [2.05, 4.69) is 15.9 Å². The van der Waals surface area contributed by atoms with Crippen molar-refractivity contribution in [3.05, 3.63) is 22.7 Å². The van der Waals surface area contributed by atoms with Crippen LogP contribution in [0.2, 0.25) is 5.02 Å². The molecule has 3 aliphatic heterocycles. The molecule has 0 amide bonds. The van der Waals surface area contributed by atoms with Crippen LogP contribution in [-0.4, -0.2) is 67.5 Å². The number of aliphatic hydroxyl groups excluding tert-OH is 1. The average Bonchev–Trinajstić information content (AvgIpc) is 2.77. The fourth-order valence-corrected chi connectivity index (χ4v) is 6.69. The Morgan fingerprint density at radius 2 is 1.90 bits per heavy atom. The van der Waals surface area contributed by atoms with Gasteiger partial charge in [-0.05, 0) is 81.5 Å². The van der Waals surface area contributed by atoms with E-state index < -0.39 is 0 Å². The molecule has 3 saturated heterocycles. The van der Waals surface area contributed by atoms with Crippen molar-refractivity contribution in [3.8, 4) is 11.5 Å². The van der Waals surface area contributed by atoms with Gasteiger partial charge in [-0.3, -0.25) is 9.80 Å². The second kappa shape index (κ2) is 10.1. The Morgan fingerprint density at radius 1 is 1.10 bits per heavy atom. The third kappa shape index (κ3) is 4.32. The van der Waals surface area contributed by atoms with Gasteiger partial charge in [-0.1, -0.05) is 17.7 Å². The van der Waals surface area contributed by atoms with E-state index in [0.717, 1.165) is 55.8 Å². The number of likely N-dealkylation sites (tertiary alicyclic amines) is 1. The van der Waals surface area contributed by atoms with Crippen LogP contribution in [-0.2, 0) is 6.54 Å². The molecule has 3 fully saturated rings. The van der Waals surface area contributed by atoms with Crippen LogP contribution >= 0.6 is 11.6 Å². The van der Waals surface area contributed by atoms with E-state index in [1.807, 2.05) is 6.07 Å². The molecule has 4 atom stereocenters. The van der Waals surface area contributed by atoms with Gasteiger partial charge in [0.25, 0.3) is 0 Å².